The van der Waals surface area contributed by atoms with Crippen LogP contribution in [0, 0.1) is 30.3 Å². The SMILES string of the molecule is O=[N+]([O-])c1cc([N+](=O)[O-])c(O)c([N+](=O)[O-])c1.c1ccc(C2N=c3ccc4c5c(ccc2c35)=NC4c2ccccc2)cc1. The van der Waals surface area contributed by atoms with Crippen LogP contribution < -0.4 is 10.7 Å². The normalized spacial score (nSPS) is 15.7. The van der Waals surface area contributed by atoms with E-state index in [-0.39, 0.29) is 12.1 Å². The fraction of sp³-hybridized carbons (Fsp3) is 0.0667. The van der Waals surface area contributed by atoms with Gasteiger partial charge in [-0.15, -0.1) is 0 Å². The van der Waals surface area contributed by atoms with E-state index in [4.69, 9.17) is 15.1 Å². The summed E-state index contributed by atoms with van der Waals surface area (Å²) in [5.41, 5.74) is 2.09. The van der Waals surface area contributed by atoms with Gasteiger partial charge in [-0.1, -0.05) is 72.8 Å². The summed E-state index contributed by atoms with van der Waals surface area (Å²) in [6.45, 7) is 0. The van der Waals surface area contributed by atoms with Gasteiger partial charge in [0.2, 0.25) is 0 Å². The van der Waals surface area contributed by atoms with Gasteiger partial charge in [-0.25, -0.2) is 0 Å². The van der Waals surface area contributed by atoms with Crippen LogP contribution in [0.5, 0.6) is 5.75 Å². The highest BCUT2D eigenvalue weighted by molar-refractivity contribution is 5.91. The van der Waals surface area contributed by atoms with Crippen molar-refractivity contribution in [1.29, 1.82) is 0 Å². The number of phenols is 1. The van der Waals surface area contributed by atoms with E-state index in [0.29, 0.717) is 12.1 Å². The van der Waals surface area contributed by atoms with Crippen LogP contribution in [-0.4, -0.2) is 19.9 Å². The van der Waals surface area contributed by atoms with Gasteiger partial charge < -0.3 is 5.11 Å². The number of hydrogen-bond donors (Lipinski definition) is 1. The zero-order chi connectivity index (χ0) is 29.5. The van der Waals surface area contributed by atoms with Crippen LogP contribution in [0.25, 0.3) is 10.8 Å². The molecule has 42 heavy (non-hydrogen) atoms. The number of hydrogen-bond acceptors (Lipinski definition) is 9. The third-order valence-electron chi connectivity index (χ3n) is 7.20. The van der Waals surface area contributed by atoms with Gasteiger partial charge in [-0.05, 0) is 34.4 Å². The summed E-state index contributed by atoms with van der Waals surface area (Å²) < 4.78 is 0. The molecule has 0 fully saturated rings. The summed E-state index contributed by atoms with van der Waals surface area (Å²) in [7, 11) is 0. The van der Waals surface area contributed by atoms with Gasteiger partial charge in [-0.2, -0.15) is 0 Å². The Morgan fingerprint density at radius 2 is 0.976 bits per heavy atom. The minimum atomic E-state index is -1.21. The highest BCUT2D eigenvalue weighted by Crippen LogP contribution is 2.40. The van der Waals surface area contributed by atoms with Gasteiger partial charge in [0.05, 0.1) is 37.6 Å². The predicted octanol–water partition coefficient (Wildman–Crippen LogP) is 5.40. The van der Waals surface area contributed by atoms with Crippen molar-refractivity contribution < 1.29 is 19.9 Å². The fourth-order valence-corrected chi connectivity index (χ4v) is 5.35. The molecule has 206 valence electrons. The first-order valence-electron chi connectivity index (χ1n) is 12.7. The van der Waals surface area contributed by atoms with Gasteiger partial charge in [0.1, 0.15) is 12.1 Å². The lowest BCUT2D eigenvalue weighted by Gasteiger charge is -2.11. The van der Waals surface area contributed by atoms with Crippen molar-refractivity contribution in [3.8, 4) is 5.75 Å². The Kier molecular flexibility index (Phi) is 6.34. The first-order chi connectivity index (χ1) is 20.2. The lowest BCUT2D eigenvalue weighted by atomic mass is 9.92. The minimum absolute atomic E-state index is 0.0891. The Balaban J connectivity index is 0.000000171. The predicted molar refractivity (Wildman–Crippen MR) is 151 cm³/mol. The summed E-state index contributed by atoms with van der Waals surface area (Å²) in [6, 6.07) is 31.0. The molecule has 2 aliphatic rings. The molecule has 2 heterocycles. The number of aromatic hydroxyl groups is 1. The molecule has 2 unspecified atom stereocenters. The maximum Gasteiger partial charge on any atom is 0.324 e. The molecule has 2 aliphatic heterocycles. The molecule has 1 N–H and O–H groups in total. The van der Waals surface area contributed by atoms with Crippen LogP contribution in [0.4, 0.5) is 17.1 Å². The van der Waals surface area contributed by atoms with Crippen molar-refractivity contribution in [2.75, 3.05) is 0 Å². The molecule has 5 aromatic rings. The Morgan fingerprint density at radius 1 is 0.571 bits per heavy atom. The van der Waals surface area contributed by atoms with Crippen molar-refractivity contribution in [3.05, 3.63) is 160 Å². The van der Waals surface area contributed by atoms with E-state index in [1.54, 1.807) is 0 Å². The molecule has 12 heteroatoms. The summed E-state index contributed by atoms with van der Waals surface area (Å²) in [6.07, 6.45) is 0. The van der Waals surface area contributed by atoms with Crippen molar-refractivity contribution in [3.63, 3.8) is 0 Å². The van der Waals surface area contributed by atoms with E-state index < -0.39 is 37.6 Å². The van der Waals surface area contributed by atoms with Crippen LogP contribution >= 0.6 is 0 Å². The van der Waals surface area contributed by atoms with Crippen molar-refractivity contribution in [1.82, 2.24) is 0 Å². The fourth-order valence-electron chi connectivity index (χ4n) is 5.35. The monoisotopic (exact) mass is 561 g/mol. The van der Waals surface area contributed by atoms with Crippen LogP contribution in [0.1, 0.15) is 34.3 Å². The summed E-state index contributed by atoms with van der Waals surface area (Å²) in [5.74, 6) is -1.21. The highest BCUT2D eigenvalue weighted by Gasteiger charge is 2.30. The Labute approximate surface area is 236 Å². The molecule has 0 saturated heterocycles. The van der Waals surface area contributed by atoms with E-state index in [1.807, 2.05) is 0 Å². The first kappa shape index (κ1) is 26.2. The molecular weight excluding hydrogens is 542 g/mol. The molecule has 0 aromatic heterocycles. The third kappa shape index (κ3) is 4.36. The van der Waals surface area contributed by atoms with E-state index >= 15 is 0 Å². The average Bonchev–Trinajstić information content (AvgIpc) is 3.56. The highest BCUT2D eigenvalue weighted by atomic mass is 16.6. The van der Waals surface area contributed by atoms with Gasteiger partial charge in [-0.3, -0.25) is 40.3 Å². The molecular formula is C30H19N5O7. The number of benzene rings is 5. The molecule has 12 nitrogen and oxygen atoms in total. The number of nitro groups is 3. The van der Waals surface area contributed by atoms with Crippen molar-refractivity contribution in [2.45, 2.75) is 12.1 Å². The summed E-state index contributed by atoms with van der Waals surface area (Å²) in [5, 5.41) is 45.0. The number of rotatable bonds is 5. The summed E-state index contributed by atoms with van der Waals surface area (Å²) in [4.78, 5) is 37.8. The average molecular weight is 562 g/mol. The Morgan fingerprint density at radius 3 is 1.33 bits per heavy atom. The zero-order valence-electron chi connectivity index (χ0n) is 21.5. The molecule has 0 radical (unpaired) electrons. The third-order valence-corrected chi connectivity index (χ3v) is 7.20. The molecule has 0 spiro atoms. The Bertz CT molecular complexity index is 1910. The second kappa shape index (κ2) is 10.2. The molecule has 0 aliphatic carbocycles. The van der Waals surface area contributed by atoms with Crippen LogP contribution in [-0.2, 0) is 0 Å². The largest absolute Gasteiger partial charge is 0.497 e. The van der Waals surface area contributed by atoms with E-state index in [1.165, 1.54) is 33.0 Å². The van der Waals surface area contributed by atoms with E-state index in [2.05, 4.69) is 84.9 Å². The second-order valence-electron chi connectivity index (χ2n) is 9.59. The van der Waals surface area contributed by atoms with E-state index in [0.717, 1.165) is 10.7 Å². The lowest BCUT2D eigenvalue weighted by molar-refractivity contribution is -0.404. The molecule has 5 aromatic carbocycles. The number of nitro benzene ring substituents is 3. The molecule has 0 saturated carbocycles. The molecule has 0 bridgehead atoms. The van der Waals surface area contributed by atoms with Crippen molar-refractivity contribution >= 4 is 27.8 Å². The standard InChI is InChI=1S/C24H16N2.C6H3N3O7/c1-3-7-15(8-4-1)23-17-11-13-20-22-18(12-14-19(25-23)21(17)22)24(26-20)16-9-5-2-6-10-16;10-6-4(8(13)14)1-3(7(11)12)2-5(6)9(15)16/h1-14,23-24H;1-2,10H. The van der Waals surface area contributed by atoms with Crippen molar-refractivity contribution in [2.24, 2.45) is 9.98 Å². The Hall–Kier alpha value is -6.04. The zero-order valence-corrected chi connectivity index (χ0v) is 21.5. The topological polar surface area (TPSA) is 174 Å². The number of non-ortho nitro benzene ring substituents is 1. The summed E-state index contributed by atoms with van der Waals surface area (Å²) >= 11 is 0. The molecule has 2 atom stereocenters. The number of phenolic OH excluding ortho intramolecular Hbond substituents is 1. The van der Waals surface area contributed by atoms with Gasteiger partial charge in [0.15, 0.2) is 0 Å². The van der Waals surface area contributed by atoms with Crippen LogP contribution in [0.3, 0.4) is 0 Å². The number of nitrogens with zero attached hydrogens (tertiary/aromatic N) is 5. The maximum absolute atomic E-state index is 10.4. The minimum Gasteiger partial charge on any atom is -0.497 e. The van der Waals surface area contributed by atoms with Gasteiger partial charge in [0.25, 0.3) is 11.4 Å². The first-order valence-corrected chi connectivity index (χ1v) is 12.7. The van der Waals surface area contributed by atoms with Gasteiger partial charge >= 0.3 is 11.4 Å². The van der Waals surface area contributed by atoms with Crippen LogP contribution in [0.2, 0.25) is 0 Å². The quantitative estimate of drug-likeness (QED) is 0.221. The maximum atomic E-state index is 10.4. The second-order valence-corrected chi connectivity index (χ2v) is 9.59. The smallest absolute Gasteiger partial charge is 0.324 e. The van der Waals surface area contributed by atoms with Crippen LogP contribution in [0.15, 0.2) is 107 Å². The van der Waals surface area contributed by atoms with E-state index in [9.17, 15) is 30.3 Å². The molecule has 0 amide bonds. The lowest BCUT2D eigenvalue weighted by Crippen LogP contribution is -2.06. The van der Waals surface area contributed by atoms with Gasteiger partial charge in [0, 0.05) is 10.8 Å². The molecule has 7 rings (SSSR count).